The van der Waals surface area contributed by atoms with Gasteiger partial charge < -0.3 is 10.1 Å². The second-order valence-corrected chi connectivity index (χ2v) is 5.83. The van der Waals surface area contributed by atoms with Crippen LogP contribution < -0.4 is 5.32 Å². The molecule has 0 aromatic carbocycles. The Morgan fingerprint density at radius 2 is 2.47 bits per heavy atom. The van der Waals surface area contributed by atoms with Crippen LogP contribution in [0.5, 0.6) is 0 Å². The first kappa shape index (κ1) is 13.1. The smallest absolute Gasteiger partial charge is 0.0462 e. The Hall–Kier alpha value is -0.380. The van der Waals surface area contributed by atoms with E-state index in [1.807, 2.05) is 11.3 Å². The molecule has 17 heavy (non-hydrogen) atoms. The Labute approximate surface area is 108 Å². The number of ether oxygens (including phenoxy) is 1. The fourth-order valence-corrected chi connectivity index (χ4v) is 3.93. The van der Waals surface area contributed by atoms with Gasteiger partial charge >= 0.3 is 0 Å². The van der Waals surface area contributed by atoms with Crippen molar-refractivity contribution in [3.63, 3.8) is 0 Å². The third-order valence-electron chi connectivity index (χ3n) is 3.82. The van der Waals surface area contributed by atoms with E-state index in [1.54, 1.807) is 17.6 Å². The lowest BCUT2D eigenvalue weighted by Crippen LogP contribution is -2.33. The van der Waals surface area contributed by atoms with E-state index >= 15 is 0 Å². The number of hydrogen-bond donors (Lipinski definition) is 1. The van der Waals surface area contributed by atoms with Crippen LogP contribution >= 0.6 is 11.3 Å². The van der Waals surface area contributed by atoms with E-state index in [1.165, 1.54) is 25.7 Å². The van der Waals surface area contributed by atoms with E-state index < -0.39 is 0 Å². The Balaban J connectivity index is 2.01. The molecule has 0 spiro atoms. The van der Waals surface area contributed by atoms with Crippen LogP contribution in [0.15, 0.2) is 11.4 Å². The van der Waals surface area contributed by atoms with Crippen LogP contribution in [-0.4, -0.2) is 26.8 Å². The average Bonchev–Trinajstić information content (AvgIpc) is 2.83. The molecule has 1 aromatic heterocycles. The van der Waals surface area contributed by atoms with Crippen molar-refractivity contribution < 1.29 is 4.74 Å². The minimum absolute atomic E-state index is 0.610. The fourth-order valence-electron chi connectivity index (χ4n) is 2.93. The van der Waals surface area contributed by atoms with Crippen LogP contribution in [-0.2, 0) is 11.2 Å². The molecule has 2 unspecified atom stereocenters. The Kier molecular flexibility index (Phi) is 5.01. The van der Waals surface area contributed by atoms with Crippen LogP contribution in [0.3, 0.4) is 0 Å². The molecule has 0 radical (unpaired) electrons. The molecule has 2 nitrogen and oxygen atoms in total. The summed E-state index contributed by atoms with van der Waals surface area (Å²) in [6, 6.07) is 2.95. The summed E-state index contributed by atoms with van der Waals surface area (Å²) in [5.74, 6) is 0.715. The lowest BCUT2D eigenvalue weighted by Gasteiger charge is -2.30. The van der Waals surface area contributed by atoms with Gasteiger partial charge in [-0.1, -0.05) is 0 Å². The van der Waals surface area contributed by atoms with Crippen LogP contribution in [0.25, 0.3) is 0 Å². The molecule has 0 saturated heterocycles. The third kappa shape index (κ3) is 3.09. The van der Waals surface area contributed by atoms with Crippen LogP contribution in [0, 0.1) is 0 Å². The van der Waals surface area contributed by atoms with Gasteiger partial charge in [0.2, 0.25) is 0 Å². The van der Waals surface area contributed by atoms with E-state index in [9.17, 15) is 0 Å². The largest absolute Gasteiger partial charge is 0.385 e. The molecule has 1 aliphatic carbocycles. The summed E-state index contributed by atoms with van der Waals surface area (Å²) >= 11 is 1.93. The zero-order chi connectivity index (χ0) is 12.1. The van der Waals surface area contributed by atoms with Crippen molar-refractivity contribution in [1.82, 2.24) is 5.32 Å². The number of fused-ring (bicyclic) bond motifs is 1. The molecule has 0 fully saturated rings. The lowest BCUT2D eigenvalue weighted by molar-refractivity contribution is 0.186. The van der Waals surface area contributed by atoms with E-state index in [0.29, 0.717) is 12.0 Å². The van der Waals surface area contributed by atoms with Gasteiger partial charge in [-0.2, -0.15) is 0 Å². The van der Waals surface area contributed by atoms with Crippen LogP contribution in [0.1, 0.15) is 42.0 Å². The van der Waals surface area contributed by atoms with Gasteiger partial charge in [-0.15, -0.1) is 11.3 Å². The summed E-state index contributed by atoms with van der Waals surface area (Å²) in [6.45, 7) is 0.876. The highest BCUT2D eigenvalue weighted by atomic mass is 32.1. The number of methoxy groups -OCH3 is 1. The normalized spacial score (nSPS) is 21.2. The molecule has 2 rings (SSSR count). The summed E-state index contributed by atoms with van der Waals surface area (Å²) in [4.78, 5) is 1.62. The SMILES string of the molecule is CNC(CCCOC)C1CCCc2sccc21. The van der Waals surface area contributed by atoms with Gasteiger partial charge in [-0.3, -0.25) is 0 Å². The van der Waals surface area contributed by atoms with Gasteiger partial charge in [0.25, 0.3) is 0 Å². The quantitative estimate of drug-likeness (QED) is 0.786. The molecule has 0 bridgehead atoms. The predicted octanol–water partition coefficient (Wildman–Crippen LogP) is 3.18. The number of hydrogen-bond acceptors (Lipinski definition) is 3. The number of likely N-dealkylation sites (N-methyl/N-ethyl adjacent to an activating group) is 1. The van der Waals surface area contributed by atoms with Crippen molar-refractivity contribution in [3.8, 4) is 0 Å². The van der Waals surface area contributed by atoms with Crippen molar-refractivity contribution in [1.29, 1.82) is 0 Å². The summed E-state index contributed by atoms with van der Waals surface area (Å²) in [6.07, 6.45) is 6.34. The van der Waals surface area contributed by atoms with Gasteiger partial charge in [0.1, 0.15) is 0 Å². The highest BCUT2D eigenvalue weighted by Crippen LogP contribution is 2.37. The number of aryl methyl sites for hydroxylation is 1. The molecule has 1 aliphatic rings. The molecule has 96 valence electrons. The standard InChI is InChI=1S/C14H23NOS/c1-15-13(6-4-9-16-2)11-5-3-7-14-12(11)8-10-17-14/h8,10-11,13,15H,3-7,9H2,1-2H3. The van der Waals surface area contributed by atoms with E-state index in [2.05, 4.69) is 23.8 Å². The van der Waals surface area contributed by atoms with Crippen molar-refractivity contribution in [2.45, 2.75) is 44.1 Å². The maximum atomic E-state index is 5.15. The molecule has 0 aliphatic heterocycles. The summed E-state index contributed by atoms with van der Waals surface area (Å²) < 4.78 is 5.15. The monoisotopic (exact) mass is 253 g/mol. The average molecular weight is 253 g/mol. The zero-order valence-electron chi connectivity index (χ0n) is 10.9. The van der Waals surface area contributed by atoms with Gasteiger partial charge in [0.15, 0.2) is 0 Å². The van der Waals surface area contributed by atoms with Crippen molar-refractivity contribution in [3.05, 3.63) is 21.9 Å². The van der Waals surface area contributed by atoms with Gasteiger partial charge in [-0.05, 0) is 56.2 Å². The minimum atomic E-state index is 0.610. The Morgan fingerprint density at radius 3 is 3.24 bits per heavy atom. The van der Waals surface area contributed by atoms with E-state index in [-0.39, 0.29) is 0 Å². The molecule has 0 amide bonds. The molecule has 0 saturated carbocycles. The van der Waals surface area contributed by atoms with Crippen molar-refractivity contribution in [2.75, 3.05) is 20.8 Å². The number of nitrogens with one attached hydrogen (secondary N) is 1. The zero-order valence-corrected chi connectivity index (χ0v) is 11.7. The highest BCUT2D eigenvalue weighted by molar-refractivity contribution is 7.10. The minimum Gasteiger partial charge on any atom is -0.385 e. The Bertz CT molecular complexity index is 337. The maximum Gasteiger partial charge on any atom is 0.0462 e. The summed E-state index contributed by atoms with van der Waals surface area (Å²) in [5.41, 5.74) is 1.61. The second-order valence-electron chi connectivity index (χ2n) is 4.83. The predicted molar refractivity (Wildman–Crippen MR) is 74.0 cm³/mol. The lowest BCUT2D eigenvalue weighted by atomic mass is 9.81. The molecular weight excluding hydrogens is 230 g/mol. The van der Waals surface area contributed by atoms with Gasteiger partial charge in [0, 0.05) is 30.6 Å². The first-order chi connectivity index (χ1) is 8.36. The highest BCUT2D eigenvalue weighted by Gasteiger charge is 2.27. The van der Waals surface area contributed by atoms with Crippen molar-refractivity contribution >= 4 is 11.3 Å². The molecule has 1 N–H and O–H groups in total. The van der Waals surface area contributed by atoms with Crippen LogP contribution in [0.4, 0.5) is 0 Å². The maximum absolute atomic E-state index is 5.15. The number of rotatable bonds is 6. The van der Waals surface area contributed by atoms with Gasteiger partial charge in [-0.25, -0.2) is 0 Å². The third-order valence-corrected chi connectivity index (χ3v) is 4.81. The molecule has 3 heteroatoms. The fraction of sp³-hybridized carbons (Fsp3) is 0.714. The van der Waals surface area contributed by atoms with E-state index in [0.717, 1.165) is 13.0 Å². The number of thiophene rings is 1. The van der Waals surface area contributed by atoms with Crippen molar-refractivity contribution in [2.24, 2.45) is 0 Å². The summed E-state index contributed by atoms with van der Waals surface area (Å²) in [5, 5.41) is 5.77. The first-order valence-corrected chi connectivity index (χ1v) is 7.47. The Morgan fingerprint density at radius 1 is 1.59 bits per heavy atom. The van der Waals surface area contributed by atoms with Gasteiger partial charge in [0.05, 0.1) is 0 Å². The topological polar surface area (TPSA) is 21.3 Å². The van der Waals surface area contributed by atoms with Crippen LogP contribution in [0.2, 0.25) is 0 Å². The second kappa shape index (κ2) is 6.53. The van der Waals surface area contributed by atoms with E-state index in [4.69, 9.17) is 4.74 Å². The molecule has 1 aromatic rings. The molecule has 2 atom stereocenters. The molecule has 1 heterocycles. The first-order valence-electron chi connectivity index (χ1n) is 6.59. The molecular formula is C14H23NOS. The summed E-state index contributed by atoms with van der Waals surface area (Å²) in [7, 11) is 3.88.